The first-order chi connectivity index (χ1) is 12.6. The number of carbonyl (C=O) groups is 1. The van der Waals surface area contributed by atoms with E-state index in [0.717, 1.165) is 49.5 Å². The van der Waals surface area contributed by atoms with Crippen LogP contribution in [0.15, 0.2) is 36.4 Å². The van der Waals surface area contributed by atoms with Crippen molar-refractivity contribution in [2.75, 3.05) is 32.7 Å². The van der Waals surface area contributed by atoms with E-state index in [9.17, 15) is 9.90 Å². The third-order valence-corrected chi connectivity index (χ3v) is 6.11. The van der Waals surface area contributed by atoms with Crippen molar-refractivity contribution in [1.82, 2.24) is 9.80 Å². The fourth-order valence-corrected chi connectivity index (χ4v) is 4.50. The largest absolute Gasteiger partial charge is 0.387 e. The number of hydrogen-bond acceptors (Lipinski definition) is 4. The van der Waals surface area contributed by atoms with Crippen molar-refractivity contribution in [3.05, 3.63) is 57.3 Å². The molecule has 0 spiro atoms. The topological polar surface area (TPSA) is 43.8 Å². The van der Waals surface area contributed by atoms with Gasteiger partial charge in [0, 0.05) is 37.6 Å². The summed E-state index contributed by atoms with van der Waals surface area (Å²) in [6.07, 6.45) is 1.67. The van der Waals surface area contributed by atoms with E-state index in [-0.39, 0.29) is 5.91 Å². The Bertz CT molecular complexity index is 721. The molecule has 1 saturated heterocycles. The average molecular weight is 373 g/mol. The Morgan fingerprint density at radius 2 is 1.88 bits per heavy atom. The van der Waals surface area contributed by atoms with Crippen molar-refractivity contribution in [3.8, 4) is 0 Å². The van der Waals surface area contributed by atoms with Crippen LogP contribution in [0, 0.1) is 6.92 Å². The lowest BCUT2D eigenvalue weighted by atomic mass is 10.1. The first kappa shape index (κ1) is 19.1. The number of piperazine rings is 1. The minimum absolute atomic E-state index is 0.156. The van der Waals surface area contributed by atoms with Crippen LogP contribution in [0.25, 0.3) is 0 Å². The molecule has 0 aliphatic carbocycles. The Labute approximate surface area is 160 Å². The number of aryl methyl sites for hydroxylation is 2. The fourth-order valence-electron chi connectivity index (χ4n) is 3.46. The van der Waals surface area contributed by atoms with Gasteiger partial charge in [-0.25, -0.2) is 0 Å². The van der Waals surface area contributed by atoms with Gasteiger partial charge in [0.2, 0.25) is 0 Å². The van der Waals surface area contributed by atoms with E-state index < -0.39 is 6.10 Å². The molecule has 2 heterocycles. The molecule has 0 bridgehead atoms. The van der Waals surface area contributed by atoms with Gasteiger partial charge in [-0.3, -0.25) is 9.69 Å². The van der Waals surface area contributed by atoms with Crippen LogP contribution < -0.4 is 0 Å². The molecule has 1 aromatic heterocycles. The van der Waals surface area contributed by atoms with Gasteiger partial charge >= 0.3 is 0 Å². The maximum atomic E-state index is 12.8. The average Bonchev–Trinajstić information content (AvgIpc) is 3.03. The van der Waals surface area contributed by atoms with Crippen LogP contribution >= 0.6 is 11.3 Å². The number of aliphatic hydroxyl groups is 1. The highest BCUT2D eigenvalue weighted by Gasteiger charge is 2.25. The SMILES string of the molecule is CCCc1cc(C(=O)N2CCN(CC(O)c3ccccc3)CC2)sc1C. The Balaban J connectivity index is 1.53. The summed E-state index contributed by atoms with van der Waals surface area (Å²) in [7, 11) is 0. The molecule has 1 atom stereocenters. The van der Waals surface area contributed by atoms with E-state index in [1.165, 1.54) is 10.4 Å². The minimum Gasteiger partial charge on any atom is -0.387 e. The smallest absolute Gasteiger partial charge is 0.264 e. The maximum Gasteiger partial charge on any atom is 0.264 e. The van der Waals surface area contributed by atoms with Gasteiger partial charge in [-0.2, -0.15) is 0 Å². The summed E-state index contributed by atoms with van der Waals surface area (Å²) >= 11 is 1.62. The zero-order valence-electron chi connectivity index (χ0n) is 15.6. The van der Waals surface area contributed by atoms with Crippen molar-refractivity contribution < 1.29 is 9.90 Å². The van der Waals surface area contributed by atoms with Crippen LogP contribution in [-0.2, 0) is 6.42 Å². The van der Waals surface area contributed by atoms with Gasteiger partial charge in [0.25, 0.3) is 5.91 Å². The minimum atomic E-state index is -0.477. The molecule has 1 unspecified atom stereocenters. The van der Waals surface area contributed by atoms with Gasteiger partial charge < -0.3 is 10.0 Å². The summed E-state index contributed by atoms with van der Waals surface area (Å²) in [5.41, 5.74) is 2.26. The van der Waals surface area contributed by atoms with E-state index in [2.05, 4.69) is 24.8 Å². The summed E-state index contributed by atoms with van der Waals surface area (Å²) in [6, 6.07) is 11.8. The Morgan fingerprint density at radius 3 is 2.54 bits per heavy atom. The molecule has 0 radical (unpaired) electrons. The lowest BCUT2D eigenvalue weighted by molar-refractivity contribution is 0.0531. The molecular formula is C21H28N2O2S. The van der Waals surface area contributed by atoms with E-state index in [0.29, 0.717) is 6.54 Å². The predicted molar refractivity (Wildman–Crippen MR) is 107 cm³/mol. The van der Waals surface area contributed by atoms with Crippen LogP contribution in [0.5, 0.6) is 0 Å². The van der Waals surface area contributed by atoms with Crippen LogP contribution in [-0.4, -0.2) is 53.5 Å². The Kier molecular flexibility index (Phi) is 6.46. The summed E-state index contributed by atoms with van der Waals surface area (Å²) in [5.74, 6) is 0.156. The lowest BCUT2D eigenvalue weighted by Crippen LogP contribution is -2.49. The quantitative estimate of drug-likeness (QED) is 0.844. The summed E-state index contributed by atoms with van der Waals surface area (Å²) in [6.45, 7) is 7.95. The van der Waals surface area contributed by atoms with Gasteiger partial charge in [0.15, 0.2) is 0 Å². The molecule has 1 amide bonds. The van der Waals surface area contributed by atoms with E-state index in [4.69, 9.17) is 0 Å². The third kappa shape index (κ3) is 4.53. The molecular weight excluding hydrogens is 344 g/mol. The number of hydrogen-bond donors (Lipinski definition) is 1. The van der Waals surface area contributed by atoms with Gasteiger partial charge in [0.05, 0.1) is 11.0 Å². The molecule has 1 aliphatic rings. The van der Waals surface area contributed by atoms with Crippen LogP contribution in [0.3, 0.4) is 0 Å². The third-order valence-electron chi connectivity index (χ3n) is 5.03. The second-order valence-electron chi connectivity index (χ2n) is 6.96. The highest BCUT2D eigenvalue weighted by atomic mass is 32.1. The number of thiophene rings is 1. The number of amides is 1. The highest BCUT2D eigenvalue weighted by Crippen LogP contribution is 2.25. The second-order valence-corrected chi connectivity index (χ2v) is 8.22. The number of aliphatic hydroxyl groups excluding tert-OH is 1. The van der Waals surface area contributed by atoms with Crippen molar-refractivity contribution >= 4 is 17.2 Å². The molecule has 4 nitrogen and oxygen atoms in total. The van der Waals surface area contributed by atoms with E-state index in [1.54, 1.807) is 11.3 Å². The molecule has 5 heteroatoms. The maximum absolute atomic E-state index is 12.8. The van der Waals surface area contributed by atoms with Gasteiger partial charge in [-0.15, -0.1) is 11.3 Å². The first-order valence-electron chi connectivity index (χ1n) is 9.42. The molecule has 1 aliphatic heterocycles. The van der Waals surface area contributed by atoms with E-state index >= 15 is 0 Å². The van der Waals surface area contributed by atoms with Crippen molar-refractivity contribution in [3.63, 3.8) is 0 Å². The molecule has 3 rings (SSSR count). The Morgan fingerprint density at radius 1 is 1.19 bits per heavy atom. The number of benzene rings is 1. The molecule has 140 valence electrons. The fraction of sp³-hybridized carbons (Fsp3) is 0.476. The molecule has 1 fully saturated rings. The normalized spacial score (nSPS) is 16.7. The second kappa shape index (κ2) is 8.80. The van der Waals surface area contributed by atoms with Crippen LogP contribution in [0.2, 0.25) is 0 Å². The standard InChI is InChI=1S/C21H28N2O2S/c1-3-7-18-14-20(26-16(18)2)21(25)23-12-10-22(11-13-23)15-19(24)17-8-5-4-6-9-17/h4-6,8-9,14,19,24H,3,7,10-13,15H2,1-2H3. The lowest BCUT2D eigenvalue weighted by Gasteiger charge is -2.35. The molecule has 0 saturated carbocycles. The number of nitrogens with zero attached hydrogens (tertiary/aromatic N) is 2. The molecule has 1 N–H and O–H groups in total. The monoisotopic (exact) mass is 372 g/mol. The summed E-state index contributed by atoms with van der Waals surface area (Å²) in [5, 5.41) is 10.4. The zero-order valence-corrected chi connectivity index (χ0v) is 16.5. The van der Waals surface area contributed by atoms with Crippen molar-refractivity contribution in [2.45, 2.75) is 32.8 Å². The summed E-state index contributed by atoms with van der Waals surface area (Å²) in [4.78, 5) is 19.1. The highest BCUT2D eigenvalue weighted by molar-refractivity contribution is 7.14. The van der Waals surface area contributed by atoms with Gasteiger partial charge in [0.1, 0.15) is 0 Å². The van der Waals surface area contributed by atoms with Gasteiger partial charge in [-0.1, -0.05) is 43.7 Å². The first-order valence-corrected chi connectivity index (χ1v) is 10.2. The Hall–Kier alpha value is -1.69. The van der Waals surface area contributed by atoms with Gasteiger partial charge in [-0.05, 0) is 30.5 Å². The van der Waals surface area contributed by atoms with Crippen LogP contribution in [0.4, 0.5) is 0 Å². The number of β-amino-alcohol motifs (C(OH)–C–C–N with tert-alkyl or cyclic N) is 1. The van der Waals surface area contributed by atoms with E-state index in [1.807, 2.05) is 35.2 Å². The zero-order chi connectivity index (χ0) is 18.5. The number of rotatable bonds is 6. The van der Waals surface area contributed by atoms with Crippen molar-refractivity contribution in [2.24, 2.45) is 0 Å². The molecule has 2 aromatic rings. The number of carbonyl (C=O) groups excluding carboxylic acids is 1. The predicted octanol–water partition coefficient (Wildman–Crippen LogP) is 3.50. The molecule has 1 aromatic carbocycles. The van der Waals surface area contributed by atoms with Crippen LogP contribution in [0.1, 0.15) is 45.1 Å². The summed E-state index contributed by atoms with van der Waals surface area (Å²) < 4.78 is 0. The molecule has 26 heavy (non-hydrogen) atoms. The van der Waals surface area contributed by atoms with Crippen molar-refractivity contribution in [1.29, 1.82) is 0 Å².